The number of rotatable bonds is 3. The average Bonchev–Trinajstić information content (AvgIpc) is 2.06. The van der Waals surface area contributed by atoms with Crippen LogP contribution in [0.25, 0.3) is 0 Å². The van der Waals surface area contributed by atoms with Gasteiger partial charge in [0.1, 0.15) is 0 Å². The highest BCUT2D eigenvalue weighted by Gasteiger charge is 2.05. The Morgan fingerprint density at radius 1 is 1.46 bits per heavy atom. The van der Waals surface area contributed by atoms with Gasteiger partial charge in [0, 0.05) is 6.54 Å². The second-order valence-corrected chi connectivity index (χ2v) is 3.15. The smallest absolute Gasteiger partial charge is 0.245 e. The fraction of sp³-hybridized carbons (Fsp3) is 0.500. The molecule has 0 aromatic carbocycles. The van der Waals surface area contributed by atoms with Crippen molar-refractivity contribution in [3.8, 4) is 0 Å². The molecule has 0 aliphatic heterocycles. The fourth-order valence-electron chi connectivity index (χ4n) is 0.650. The number of hydrogen-bond donors (Lipinski definition) is 2. The number of halogens is 2. The summed E-state index contributed by atoms with van der Waals surface area (Å²) < 4.78 is 0. The Morgan fingerprint density at radius 2 is 2.15 bits per heavy atom. The van der Waals surface area contributed by atoms with Gasteiger partial charge in [-0.15, -0.1) is 10.2 Å². The zero-order valence-corrected chi connectivity index (χ0v) is 8.34. The van der Waals surface area contributed by atoms with Crippen molar-refractivity contribution in [1.82, 2.24) is 15.2 Å². The first kappa shape index (κ1) is 10.4. The molecule has 1 aromatic rings. The van der Waals surface area contributed by atoms with E-state index < -0.39 is 6.10 Å². The molecular weight excluding hydrogens is 215 g/mol. The number of nitrogens with one attached hydrogen (secondary N) is 1. The second-order valence-electron chi connectivity index (χ2n) is 2.45. The summed E-state index contributed by atoms with van der Waals surface area (Å²) in [5, 5.41) is 18.9. The molecular formula is C6H8Cl2N4O. The lowest BCUT2D eigenvalue weighted by Gasteiger charge is -2.07. The van der Waals surface area contributed by atoms with Crippen molar-refractivity contribution in [2.24, 2.45) is 0 Å². The van der Waals surface area contributed by atoms with E-state index in [0.717, 1.165) is 0 Å². The van der Waals surface area contributed by atoms with E-state index in [1.807, 2.05) is 0 Å². The molecule has 72 valence electrons. The Hall–Kier alpha value is -0.650. The summed E-state index contributed by atoms with van der Waals surface area (Å²) in [6, 6.07) is 0. The molecule has 0 fully saturated rings. The highest BCUT2D eigenvalue weighted by Crippen LogP contribution is 2.15. The molecule has 0 radical (unpaired) electrons. The van der Waals surface area contributed by atoms with E-state index in [1.165, 1.54) is 0 Å². The molecule has 5 nitrogen and oxygen atoms in total. The Bertz CT molecular complexity index is 294. The second kappa shape index (κ2) is 4.55. The zero-order valence-electron chi connectivity index (χ0n) is 6.83. The van der Waals surface area contributed by atoms with Crippen LogP contribution in [0.1, 0.15) is 6.92 Å². The van der Waals surface area contributed by atoms with Crippen LogP contribution in [0.5, 0.6) is 0 Å². The largest absolute Gasteiger partial charge is 0.392 e. The molecule has 1 atom stereocenters. The van der Waals surface area contributed by atoms with Crippen LogP contribution >= 0.6 is 23.2 Å². The molecule has 0 saturated carbocycles. The van der Waals surface area contributed by atoms with Crippen molar-refractivity contribution >= 4 is 29.0 Å². The van der Waals surface area contributed by atoms with Gasteiger partial charge in [-0.05, 0) is 18.5 Å². The van der Waals surface area contributed by atoms with Gasteiger partial charge in [-0.2, -0.15) is 4.98 Å². The standard InChI is InChI=1S/C6H8Cl2N4O/c1-3(13)2-9-5-4(7)11-12-6(8)10-5/h3,13H,2H2,1H3,(H,9,10,12). The number of anilines is 1. The first-order valence-electron chi connectivity index (χ1n) is 3.57. The number of aromatic nitrogens is 3. The Morgan fingerprint density at radius 3 is 2.77 bits per heavy atom. The molecule has 13 heavy (non-hydrogen) atoms. The Kier molecular flexibility index (Phi) is 3.65. The van der Waals surface area contributed by atoms with Crippen LogP contribution in [0.2, 0.25) is 10.4 Å². The van der Waals surface area contributed by atoms with Gasteiger partial charge in [0.05, 0.1) is 6.10 Å². The van der Waals surface area contributed by atoms with E-state index in [1.54, 1.807) is 6.92 Å². The highest BCUT2D eigenvalue weighted by molar-refractivity contribution is 6.32. The van der Waals surface area contributed by atoms with Gasteiger partial charge in [0.2, 0.25) is 5.28 Å². The summed E-state index contributed by atoms with van der Waals surface area (Å²) in [6.07, 6.45) is -0.496. The number of aliphatic hydroxyl groups excluding tert-OH is 1. The maximum atomic E-state index is 8.97. The molecule has 0 aliphatic rings. The monoisotopic (exact) mass is 222 g/mol. The Labute approximate surface area is 85.1 Å². The molecule has 7 heteroatoms. The molecule has 0 aliphatic carbocycles. The third kappa shape index (κ3) is 3.30. The van der Waals surface area contributed by atoms with Gasteiger partial charge in [0.25, 0.3) is 0 Å². The molecule has 1 heterocycles. The van der Waals surface area contributed by atoms with Crippen molar-refractivity contribution in [3.63, 3.8) is 0 Å². The van der Waals surface area contributed by atoms with Gasteiger partial charge >= 0.3 is 0 Å². The summed E-state index contributed by atoms with van der Waals surface area (Å²) in [4.78, 5) is 3.78. The number of nitrogens with zero attached hydrogens (tertiary/aromatic N) is 3. The minimum atomic E-state index is -0.496. The summed E-state index contributed by atoms with van der Waals surface area (Å²) >= 11 is 11.1. The normalized spacial score (nSPS) is 12.6. The average molecular weight is 223 g/mol. The van der Waals surface area contributed by atoms with E-state index in [9.17, 15) is 0 Å². The minimum Gasteiger partial charge on any atom is -0.392 e. The van der Waals surface area contributed by atoms with Crippen molar-refractivity contribution in [3.05, 3.63) is 10.4 Å². The van der Waals surface area contributed by atoms with E-state index >= 15 is 0 Å². The highest BCUT2D eigenvalue weighted by atomic mass is 35.5. The molecule has 0 spiro atoms. The summed E-state index contributed by atoms with van der Waals surface area (Å²) in [5.74, 6) is 0.322. The lowest BCUT2D eigenvalue weighted by Crippen LogP contribution is -2.16. The number of hydrogen-bond acceptors (Lipinski definition) is 5. The van der Waals surface area contributed by atoms with Crippen molar-refractivity contribution in [2.75, 3.05) is 11.9 Å². The van der Waals surface area contributed by atoms with Crippen LogP contribution < -0.4 is 5.32 Å². The van der Waals surface area contributed by atoms with Crippen LogP contribution in [-0.4, -0.2) is 32.9 Å². The summed E-state index contributed by atoms with van der Waals surface area (Å²) in [7, 11) is 0. The molecule has 1 aromatic heterocycles. The number of aliphatic hydroxyl groups is 1. The zero-order chi connectivity index (χ0) is 9.84. The lowest BCUT2D eigenvalue weighted by molar-refractivity contribution is 0.208. The van der Waals surface area contributed by atoms with E-state index in [2.05, 4.69) is 20.5 Å². The van der Waals surface area contributed by atoms with Crippen LogP contribution in [0.4, 0.5) is 5.82 Å². The topological polar surface area (TPSA) is 70.9 Å². The molecule has 0 saturated heterocycles. The van der Waals surface area contributed by atoms with Crippen molar-refractivity contribution in [2.45, 2.75) is 13.0 Å². The van der Waals surface area contributed by atoms with E-state index in [-0.39, 0.29) is 10.4 Å². The predicted octanol–water partition coefficient (Wildman–Crippen LogP) is 0.971. The molecule has 0 bridgehead atoms. The van der Waals surface area contributed by atoms with Crippen molar-refractivity contribution < 1.29 is 5.11 Å². The summed E-state index contributed by atoms with van der Waals surface area (Å²) in [6.45, 7) is 1.96. The van der Waals surface area contributed by atoms with Crippen LogP contribution in [0.3, 0.4) is 0 Å². The molecule has 1 rings (SSSR count). The van der Waals surface area contributed by atoms with Crippen LogP contribution in [-0.2, 0) is 0 Å². The Balaban J connectivity index is 2.70. The predicted molar refractivity (Wildman–Crippen MR) is 50.0 cm³/mol. The van der Waals surface area contributed by atoms with Gasteiger partial charge in [0.15, 0.2) is 11.0 Å². The molecule has 0 amide bonds. The SMILES string of the molecule is CC(O)CNc1nc(Cl)nnc1Cl. The van der Waals surface area contributed by atoms with E-state index in [0.29, 0.717) is 12.4 Å². The maximum absolute atomic E-state index is 8.97. The van der Waals surface area contributed by atoms with Crippen LogP contribution in [0, 0.1) is 0 Å². The minimum absolute atomic E-state index is 0.0116. The summed E-state index contributed by atoms with van der Waals surface area (Å²) in [5.41, 5.74) is 0. The maximum Gasteiger partial charge on any atom is 0.245 e. The third-order valence-corrected chi connectivity index (χ3v) is 1.60. The van der Waals surface area contributed by atoms with Gasteiger partial charge in [-0.1, -0.05) is 11.6 Å². The first-order chi connectivity index (χ1) is 6.09. The van der Waals surface area contributed by atoms with Gasteiger partial charge in [-0.25, -0.2) is 0 Å². The van der Waals surface area contributed by atoms with Gasteiger partial charge < -0.3 is 10.4 Å². The quantitative estimate of drug-likeness (QED) is 0.798. The van der Waals surface area contributed by atoms with Gasteiger partial charge in [-0.3, -0.25) is 0 Å². The van der Waals surface area contributed by atoms with E-state index in [4.69, 9.17) is 28.3 Å². The third-order valence-electron chi connectivity index (χ3n) is 1.18. The van der Waals surface area contributed by atoms with Crippen molar-refractivity contribution in [1.29, 1.82) is 0 Å². The molecule has 1 unspecified atom stereocenters. The first-order valence-corrected chi connectivity index (χ1v) is 4.33. The fourth-order valence-corrected chi connectivity index (χ4v) is 0.919. The lowest BCUT2D eigenvalue weighted by atomic mass is 10.4. The van der Waals surface area contributed by atoms with Crippen LogP contribution in [0.15, 0.2) is 0 Å². The molecule has 2 N–H and O–H groups in total.